The Balaban J connectivity index is 1.51. The van der Waals surface area contributed by atoms with Gasteiger partial charge in [-0.05, 0) is 36.8 Å². The van der Waals surface area contributed by atoms with Gasteiger partial charge in [-0.1, -0.05) is 53.9 Å². The van der Waals surface area contributed by atoms with Crippen LogP contribution in [0, 0.1) is 6.92 Å². The first kappa shape index (κ1) is 20.4. The molecule has 0 atom stereocenters. The van der Waals surface area contributed by atoms with E-state index in [1.807, 2.05) is 25.1 Å². The van der Waals surface area contributed by atoms with Crippen molar-refractivity contribution >= 4 is 35.1 Å². The van der Waals surface area contributed by atoms with Gasteiger partial charge in [-0.25, -0.2) is 4.98 Å². The first-order valence-corrected chi connectivity index (χ1v) is 10.4. The van der Waals surface area contributed by atoms with Crippen LogP contribution in [0.2, 0.25) is 0 Å². The average Bonchev–Trinajstić information content (AvgIpc) is 3.02. The van der Waals surface area contributed by atoms with E-state index in [0.717, 1.165) is 17.8 Å². The smallest absolute Gasteiger partial charge is 0.288 e. The maximum atomic E-state index is 12.3. The SMILES string of the molecule is Cc1[nH]c(SCC(=O)Nc2ccc(SC(F)F)cc2)nc1Cc1ccccc1. The Hall–Kier alpha value is -2.32. The number of amides is 1. The van der Waals surface area contributed by atoms with Gasteiger partial charge < -0.3 is 10.3 Å². The van der Waals surface area contributed by atoms with E-state index < -0.39 is 5.76 Å². The molecule has 8 heteroatoms. The first-order chi connectivity index (χ1) is 13.5. The fourth-order valence-corrected chi connectivity index (χ4v) is 3.79. The third kappa shape index (κ3) is 6.10. The molecule has 0 aliphatic carbocycles. The van der Waals surface area contributed by atoms with Crippen LogP contribution in [0.3, 0.4) is 0 Å². The number of anilines is 1. The summed E-state index contributed by atoms with van der Waals surface area (Å²) >= 11 is 1.80. The van der Waals surface area contributed by atoms with E-state index in [2.05, 4.69) is 27.4 Å². The van der Waals surface area contributed by atoms with Gasteiger partial charge in [0.25, 0.3) is 5.76 Å². The third-order valence-corrected chi connectivity index (χ3v) is 5.48. The summed E-state index contributed by atoms with van der Waals surface area (Å²) in [5.74, 6) is -2.44. The highest BCUT2D eigenvalue weighted by molar-refractivity contribution is 8.00. The highest BCUT2D eigenvalue weighted by Crippen LogP contribution is 2.26. The average molecular weight is 420 g/mol. The molecule has 0 aliphatic rings. The molecule has 146 valence electrons. The van der Waals surface area contributed by atoms with Crippen LogP contribution in [0.4, 0.5) is 14.5 Å². The number of aromatic nitrogens is 2. The Morgan fingerprint density at radius 2 is 1.86 bits per heavy atom. The van der Waals surface area contributed by atoms with Gasteiger partial charge in [0.1, 0.15) is 0 Å². The number of halogens is 2. The molecule has 2 N–H and O–H groups in total. The Morgan fingerprint density at radius 1 is 1.14 bits per heavy atom. The highest BCUT2D eigenvalue weighted by atomic mass is 32.2. The van der Waals surface area contributed by atoms with Gasteiger partial charge in [0, 0.05) is 22.7 Å². The van der Waals surface area contributed by atoms with Crippen molar-refractivity contribution in [3.8, 4) is 0 Å². The summed E-state index contributed by atoms with van der Waals surface area (Å²) in [4.78, 5) is 20.4. The quantitative estimate of drug-likeness (QED) is 0.483. The molecule has 0 saturated heterocycles. The number of thioether (sulfide) groups is 2. The number of aromatic amines is 1. The molecule has 0 radical (unpaired) electrons. The molecule has 0 saturated carbocycles. The van der Waals surface area contributed by atoms with Crippen LogP contribution in [0.1, 0.15) is 17.0 Å². The minimum atomic E-state index is -2.46. The fourth-order valence-electron chi connectivity index (χ4n) is 2.55. The summed E-state index contributed by atoms with van der Waals surface area (Å²) in [6, 6.07) is 16.4. The van der Waals surface area contributed by atoms with Crippen LogP contribution in [-0.4, -0.2) is 27.4 Å². The maximum absolute atomic E-state index is 12.3. The van der Waals surface area contributed by atoms with Crippen LogP contribution >= 0.6 is 23.5 Å². The van der Waals surface area contributed by atoms with Crippen LogP contribution in [0.15, 0.2) is 64.6 Å². The highest BCUT2D eigenvalue weighted by Gasteiger charge is 2.11. The molecule has 1 amide bonds. The number of aryl methyl sites for hydroxylation is 1. The summed E-state index contributed by atoms with van der Waals surface area (Å²) in [5, 5.41) is 3.45. The number of H-pyrrole nitrogens is 1. The minimum absolute atomic E-state index is 0.182. The molecule has 0 aliphatic heterocycles. The second-order valence-electron chi connectivity index (χ2n) is 6.02. The molecule has 3 rings (SSSR count). The van der Waals surface area contributed by atoms with Crippen molar-refractivity contribution in [2.24, 2.45) is 0 Å². The monoisotopic (exact) mass is 419 g/mol. The number of carbonyl (C=O) groups is 1. The number of nitrogens with zero attached hydrogens (tertiary/aromatic N) is 1. The fraction of sp³-hybridized carbons (Fsp3) is 0.200. The molecule has 28 heavy (non-hydrogen) atoms. The van der Waals surface area contributed by atoms with Crippen molar-refractivity contribution in [1.82, 2.24) is 9.97 Å². The third-order valence-electron chi connectivity index (χ3n) is 3.88. The lowest BCUT2D eigenvalue weighted by molar-refractivity contribution is -0.113. The first-order valence-electron chi connectivity index (χ1n) is 8.56. The zero-order valence-corrected chi connectivity index (χ0v) is 16.7. The molecular weight excluding hydrogens is 400 g/mol. The molecule has 0 bridgehead atoms. The molecule has 0 fully saturated rings. The zero-order valence-electron chi connectivity index (χ0n) is 15.1. The molecule has 1 aromatic heterocycles. The zero-order chi connectivity index (χ0) is 19.9. The number of benzene rings is 2. The topological polar surface area (TPSA) is 57.8 Å². The van der Waals surface area contributed by atoms with E-state index >= 15 is 0 Å². The summed E-state index contributed by atoms with van der Waals surface area (Å²) in [5.41, 5.74) is 3.70. The number of rotatable bonds is 8. The molecule has 0 spiro atoms. The normalized spacial score (nSPS) is 11.0. The Labute approximate surface area is 170 Å². The predicted molar refractivity (Wildman–Crippen MR) is 110 cm³/mol. The molecule has 1 heterocycles. The Morgan fingerprint density at radius 3 is 2.54 bits per heavy atom. The van der Waals surface area contributed by atoms with Crippen LogP contribution in [0.25, 0.3) is 0 Å². The van der Waals surface area contributed by atoms with Crippen LogP contribution in [0.5, 0.6) is 0 Å². The second kappa shape index (κ2) is 9.75. The van der Waals surface area contributed by atoms with Crippen LogP contribution in [-0.2, 0) is 11.2 Å². The summed E-state index contributed by atoms with van der Waals surface area (Å²) in [6.07, 6.45) is 0.735. The van der Waals surface area contributed by atoms with E-state index in [1.165, 1.54) is 17.3 Å². The van der Waals surface area contributed by atoms with Gasteiger partial charge in [-0.2, -0.15) is 8.78 Å². The number of nitrogens with one attached hydrogen (secondary N) is 2. The van der Waals surface area contributed by atoms with E-state index in [0.29, 0.717) is 27.5 Å². The molecule has 2 aromatic carbocycles. The molecule has 4 nitrogen and oxygen atoms in total. The van der Waals surface area contributed by atoms with Gasteiger partial charge in [0.15, 0.2) is 5.16 Å². The molecular formula is C20H19F2N3OS2. The largest absolute Gasteiger partial charge is 0.337 e. The van der Waals surface area contributed by atoms with E-state index in [-0.39, 0.29) is 11.7 Å². The van der Waals surface area contributed by atoms with Crippen molar-refractivity contribution in [2.75, 3.05) is 11.1 Å². The van der Waals surface area contributed by atoms with Crippen molar-refractivity contribution in [2.45, 2.75) is 29.2 Å². The second-order valence-corrected chi connectivity index (χ2v) is 8.04. The summed E-state index contributed by atoms with van der Waals surface area (Å²) in [6.45, 7) is 1.97. The van der Waals surface area contributed by atoms with Gasteiger partial charge >= 0.3 is 0 Å². The maximum Gasteiger partial charge on any atom is 0.288 e. The number of imidazole rings is 1. The lowest BCUT2D eigenvalue weighted by atomic mass is 10.1. The van der Waals surface area contributed by atoms with Gasteiger partial charge in [0.05, 0.1) is 11.4 Å². The van der Waals surface area contributed by atoms with Gasteiger partial charge in [-0.3, -0.25) is 4.79 Å². The van der Waals surface area contributed by atoms with Crippen molar-refractivity contribution in [3.05, 3.63) is 71.5 Å². The van der Waals surface area contributed by atoms with E-state index in [1.54, 1.807) is 24.3 Å². The number of hydrogen-bond acceptors (Lipinski definition) is 4. The van der Waals surface area contributed by atoms with Gasteiger partial charge in [0.2, 0.25) is 5.91 Å². The van der Waals surface area contributed by atoms with Crippen molar-refractivity contribution < 1.29 is 13.6 Å². The van der Waals surface area contributed by atoms with Crippen LogP contribution < -0.4 is 5.32 Å². The number of hydrogen-bond donors (Lipinski definition) is 2. The number of carbonyl (C=O) groups excluding carboxylic acids is 1. The Kier molecular flexibility index (Phi) is 7.11. The lowest BCUT2D eigenvalue weighted by Crippen LogP contribution is -2.14. The summed E-state index contributed by atoms with van der Waals surface area (Å²) < 4.78 is 24.7. The lowest BCUT2D eigenvalue weighted by Gasteiger charge is -2.05. The van der Waals surface area contributed by atoms with E-state index in [4.69, 9.17) is 0 Å². The number of alkyl halides is 2. The molecule has 3 aromatic rings. The predicted octanol–water partition coefficient (Wildman–Crippen LogP) is 5.35. The standard InChI is InChI=1S/C20H19F2N3OS2/c1-13-17(11-14-5-3-2-4-6-14)25-20(23-13)27-12-18(26)24-15-7-9-16(10-8-15)28-19(21)22/h2-10,19H,11-12H2,1H3,(H,23,25)(H,24,26). The summed E-state index contributed by atoms with van der Waals surface area (Å²) in [7, 11) is 0. The van der Waals surface area contributed by atoms with Crippen molar-refractivity contribution in [1.29, 1.82) is 0 Å². The van der Waals surface area contributed by atoms with E-state index in [9.17, 15) is 13.6 Å². The molecule has 0 unspecified atom stereocenters. The van der Waals surface area contributed by atoms with Gasteiger partial charge in [-0.15, -0.1) is 0 Å². The van der Waals surface area contributed by atoms with Crippen molar-refractivity contribution in [3.63, 3.8) is 0 Å². The minimum Gasteiger partial charge on any atom is -0.337 e. The Bertz CT molecular complexity index is 915.